The van der Waals surface area contributed by atoms with E-state index in [4.69, 9.17) is 5.26 Å². The molecule has 3 rings (SSSR count). The molecule has 4 atom stereocenters. The van der Waals surface area contributed by atoms with Crippen molar-refractivity contribution < 1.29 is 8.42 Å². The molecule has 0 radical (unpaired) electrons. The molecule has 1 aromatic carbocycles. The smallest absolute Gasteiger partial charge is 0.211 e. The molecule has 1 N–H and O–H groups in total. The molecule has 1 aromatic rings. The lowest BCUT2D eigenvalue weighted by molar-refractivity contribution is 0.148. The van der Waals surface area contributed by atoms with Crippen molar-refractivity contribution in [1.29, 1.82) is 5.26 Å². The lowest BCUT2D eigenvalue weighted by Crippen LogP contribution is -2.28. The number of fused-ring (bicyclic) bond motifs is 2. The summed E-state index contributed by atoms with van der Waals surface area (Å²) >= 11 is 0. The van der Waals surface area contributed by atoms with E-state index in [9.17, 15) is 8.42 Å². The van der Waals surface area contributed by atoms with Crippen LogP contribution >= 0.6 is 0 Å². The van der Waals surface area contributed by atoms with Gasteiger partial charge in [0.05, 0.1) is 11.0 Å². The van der Waals surface area contributed by atoms with Crippen molar-refractivity contribution >= 4 is 10.0 Å². The Kier molecular flexibility index (Phi) is 15.2. The molecule has 4 nitrogen and oxygen atoms in total. The lowest BCUT2D eigenvalue weighted by atomic mass is 9.70. The zero-order valence-electron chi connectivity index (χ0n) is 28.6. The van der Waals surface area contributed by atoms with Crippen LogP contribution in [0.4, 0.5) is 0 Å². The molecule has 0 saturated heterocycles. The van der Waals surface area contributed by atoms with Crippen LogP contribution in [0.3, 0.4) is 0 Å². The number of hydrogen-bond donors (Lipinski definition) is 1. The maximum atomic E-state index is 11.8. The van der Waals surface area contributed by atoms with Crippen LogP contribution in [0, 0.1) is 56.7 Å². The minimum atomic E-state index is -3.33. The van der Waals surface area contributed by atoms with Gasteiger partial charge in [-0.25, -0.2) is 13.1 Å². The van der Waals surface area contributed by atoms with Gasteiger partial charge < -0.3 is 0 Å². The van der Waals surface area contributed by atoms with Crippen molar-refractivity contribution in [3.05, 3.63) is 30.3 Å². The molecule has 0 amide bonds. The van der Waals surface area contributed by atoms with Crippen molar-refractivity contribution in [3.63, 3.8) is 0 Å². The Morgan fingerprint density at radius 3 is 1.60 bits per heavy atom. The maximum absolute atomic E-state index is 11.8. The van der Waals surface area contributed by atoms with Gasteiger partial charge in [0.15, 0.2) is 0 Å². The molecule has 2 saturated carbocycles. The average molecular weight is 577 g/mol. The van der Waals surface area contributed by atoms with Crippen LogP contribution < -0.4 is 4.72 Å². The van der Waals surface area contributed by atoms with Crippen LogP contribution in [0.5, 0.6) is 0 Å². The molecule has 0 aliphatic heterocycles. The maximum Gasteiger partial charge on any atom is 0.240 e. The Balaban J connectivity index is 0.000000580. The van der Waals surface area contributed by atoms with Gasteiger partial charge in [0, 0.05) is 12.5 Å². The van der Waals surface area contributed by atoms with Gasteiger partial charge in [-0.15, -0.1) is 0 Å². The van der Waals surface area contributed by atoms with Crippen molar-refractivity contribution in [2.24, 2.45) is 45.3 Å². The Labute approximate surface area is 250 Å². The third-order valence-corrected chi connectivity index (χ3v) is 8.06. The van der Waals surface area contributed by atoms with Crippen LogP contribution in [0.2, 0.25) is 0 Å². The first kappa shape index (κ1) is 38.6. The molecule has 2 aliphatic rings. The first-order chi connectivity index (χ1) is 17.8. The molecule has 232 valence electrons. The number of benzene rings is 1. The van der Waals surface area contributed by atoms with Gasteiger partial charge in [-0.1, -0.05) is 115 Å². The van der Waals surface area contributed by atoms with E-state index in [0.29, 0.717) is 33.6 Å². The van der Waals surface area contributed by atoms with Crippen LogP contribution in [-0.2, 0) is 10.0 Å². The van der Waals surface area contributed by atoms with Crippen LogP contribution in [0.15, 0.2) is 35.2 Å². The van der Waals surface area contributed by atoms with E-state index in [-0.39, 0.29) is 5.41 Å². The van der Waals surface area contributed by atoms with E-state index in [0.717, 1.165) is 30.6 Å². The molecule has 2 aliphatic carbocycles. The first-order valence-electron chi connectivity index (χ1n) is 15.3. The molecule has 2 fully saturated rings. The summed E-state index contributed by atoms with van der Waals surface area (Å²) in [7, 11) is -3.33. The number of nitriles is 1. The predicted molar refractivity (Wildman–Crippen MR) is 173 cm³/mol. The number of nitrogens with one attached hydrogen (secondary N) is 1. The van der Waals surface area contributed by atoms with Gasteiger partial charge in [0.25, 0.3) is 0 Å². The van der Waals surface area contributed by atoms with Gasteiger partial charge in [0.2, 0.25) is 10.0 Å². The van der Waals surface area contributed by atoms with Crippen molar-refractivity contribution in [1.82, 2.24) is 4.72 Å². The molecule has 0 heterocycles. The van der Waals surface area contributed by atoms with Crippen molar-refractivity contribution in [2.75, 3.05) is 6.54 Å². The van der Waals surface area contributed by atoms with E-state index in [1.807, 2.05) is 0 Å². The predicted octanol–water partition coefficient (Wildman–Crippen LogP) is 10.1. The molecule has 40 heavy (non-hydrogen) atoms. The summed E-state index contributed by atoms with van der Waals surface area (Å²) in [6.45, 7) is 31.5. The molecule has 4 unspecified atom stereocenters. The highest BCUT2D eigenvalue weighted by Crippen LogP contribution is 2.56. The van der Waals surface area contributed by atoms with E-state index >= 15 is 0 Å². The van der Waals surface area contributed by atoms with E-state index in [1.165, 1.54) is 19.3 Å². The lowest BCUT2D eigenvalue weighted by Gasteiger charge is -2.35. The normalized spacial score (nSPS) is 22.5. The highest BCUT2D eigenvalue weighted by Gasteiger charge is 2.49. The van der Waals surface area contributed by atoms with Crippen molar-refractivity contribution in [3.8, 4) is 6.07 Å². The highest BCUT2D eigenvalue weighted by atomic mass is 32.2. The summed E-state index contributed by atoms with van der Waals surface area (Å²) in [5, 5.41) is 8.93. The number of rotatable bonds is 5. The van der Waals surface area contributed by atoms with Gasteiger partial charge in [-0.3, -0.25) is 0 Å². The molecule has 0 aromatic heterocycles. The van der Waals surface area contributed by atoms with Gasteiger partial charge in [-0.2, -0.15) is 5.26 Å². The van der Waals surface area contributed by atoms with Crippen molar-refractivity contribution in [2.45, 2.75) is 134 Å². The monoisotopic (exact) mass is 576 g/mol. The van der Waals surface area contributed by atoms with Gasteiger partial charge in [0.1, 0.15) is 0 Å². The minimum absolute atomic E-state index is 0.248. The summed E-state index contributed by atoms with van der Waals surface area (Å²) in [5.41, 5.74) is 1.71. The first-order valence-corrected chi connectivity index (χ1v) is 16.8. The third-order valence-electron chi connectivity index (χ3n) is 6.58. The fraction of sp³-hybridized carbons (Fsp3) is 0.800. The summed E-state index contributed by atoms with van der Waals surface area (Å²) in [6, 6.07) is 10.9. The molecular formula is C35H64N2O2S. The average Bonchev–Trinajstić information content (AvgIpc) is 3.36. The standard InChI is InChI=1S/C13H21NO2S.C12H19N.2C5H12/c1-13(2,3)10-7-11-14-17(15,16)12-8-5-4-6-9-12;1-12(2,3)11-6-8-4-9(11)5-10(8)7-13;2*1-5(2,3)4/h4-6,8-9,14H,7,10-11H2,1-3H3;8-11H,4-6H2,1-3H3;2*1-4H3. The molecule has 2 bridgehead atoms. The van der Waals surface area contributed by atoms with E-state index in [2.05, 4.69) is 108 Å². The Morgan fingerprint density at radius 1 is 0.775 bits per heavy atom. The minimum Gasteiger partial charge on any atom is -0.211 e. The second-order valence-corrected chi connectivity index (χ2v) is 19.1. The summed E-state index contributed by atoms with van der Waals surface area (Å²) in [6.07, 6.45) is 5.69. The fourth-order valence-electron chi connectivity index (χ4n) is 5.00. The number of hydrogen-bond acceptors (Lipinski definition) is 3. The zero-order chi connectivity index (χ0) is 31.6. The molecular weight excluding hydrogens is 512 g/mol. The Morgan fingerprint density at radius 2 is 1.25 bits per heavy atom. The summed E-state index contributed by atoms with van der Waals surface area (Å²) in [5.74, 6) is 2.86. The van der Waals surface area contributed by atoms with E-state index < -0.39 is 10.0 Å². The van der Waals surface area contributed by atoms with Crippen LogP contribution in [-0.4, -0.2) is 15.0 Å². The molecule has 0 spiro atoms. The van der Waals surface area contributed by atoms with Crippen LogP contribution in [0.1, 0.15) is 129 Å². The second kappa shape index (κ2) is 15.7. The topological polar surface area (TPSA) is 70.0 Å². The quantitative estimate of drug-likeness (QED) is 0.354. The third kappa shape index (κ3) is 18.9. The highest BCUT2D eigenvalue weighted by molar-refractivity contribution is 7.89. The van der Waals surface area contributed by atoms with Gasteiger partial charge in [-0.05, 0) is 83.7 Å². The number of nitrogens with zero attached hydrogens (tertiary/aromatic N) is 1. The zero-order valence-corrected chi connectivity index (χ0v) is 29.4. The SMILES string of the molecule is CC(C)(C)C.CC(C)(C)C.CC(C)(C)C1CC2CC1CC2C#N.CC(C)(C)CCCNS(=O)(=O)c1ccccc1. The fourth-order valence-corrected chi connectivity index (χ4v) is 6.10. The summed E-state index contributed by atoms with van der Waals surface area (Å²) in [4.78, 5) is 0.329. The molecule has 5 heteroatoms. The Bertz CT molecular complexity index is 958. The van der Waals surface area contributed by atoms with Gasteiger partial charge >= 0.3 is 0 Å². The second-order valence-electron chi connectivity index (χ2n) is 17.3. The van der Waals surface area contributed by atoms with E-state index in [1.54, 1.807) is 30.3 Å². The summed E-state index contributed by atoms with van der Waals surface area (Å²) < 4.78 is 26.3. The van der Waals surface area contributed by atoms with Crippen LogP contribution in [0.25, 0.3) is 0 Å². The largest absolute Gasteiger partial charge is 0.240 e. The Hall–Kier alpha value is -1.38. The number of sulfonamides is 1.